The lowest BCUT2D eigenvalue weighted by Crippen LogP contribution is -2.05. The lowest BCUT2D eigenvalue weighted by Gasteiger charge is -2.08. The number of rotatable bonds is 5. The Bertz CT molecular complexity index is 916. The third kappa shape index (κ3) is 5.83. The summed E-state index contributed by atoms with van der Waals surface area (Å²) in [6, 6.07) is 11.5. The van der Waals surface area contributed by atoms with Gasteiger partial charge in [0.2, 0.25) is 0 Å². The van der Waals surface area contributed by atoms with Gasteiger partial charge >= 0.3 is 0 Å². The lowest BCUT2D eigenvalue weighted by atomic mass is 9.99. The quantitative estimate of drug-likeness (QED) is 0.581. The fourth-order valence-corrected chi connectivity index (χ4v) is 2.58. The molecule has 2 nitrogen and oxygen atoms in total. The van der Waals surface area contributed by atoms with Gasteiger partial charge in [-0.3, -0.25) is 0 Å². The number of aryl methyl sites for hydroxylation is 1. The molecular formula is C23H22F2N2. The first-order chi connectivity index (χ1) is 13.0. The van der Waals surface area contributed by atoms with Gasteiger partial charge in [0.25, 0.3) is 0 Å². The van der Waals surface area contributed by atoms with Crippen molar-refractivity contribution in [3.8, 4) is 18.9 Å². The number of nitrogens with one attached hydrogen (secondary N) is 1. The maximum atomic E-state index is 13.6. The zero-order chi connectivity index (χ0) is 20.4. The van der Waals surface area contributed by atoms with E-state index in [1.54, 1.807) is 7.05 Å². The molecule has 0 aliphatic heterocycles. The summed E-state index contributed by atoms with van der Waals surface area (Å²) >= 11 is 0. The minimum atomic E-state index is -0.439. The monoisotopic (exact) mass is 364 g/mol. The molecule has 0 atom stereocenters. The van der Waals surface area contributed by atoms with Gasteiger partial charge in [-0.2, -0.15) is 5.26 Å². The van der Waals surface area contributed by atoms with E-state index in [0.717, 1.165) is 34.4 Å². The molecule has 0 unspecified atom stereocenters. The molecule has 0 aliphatic rings. The van der Waals surface area contributed by atoms with Crippen LogP contribution < -0.4 is 5.32 Å². The molecule has 4 heteroatoms. The van der Waals surface area contributed by atoms with Crippen molar-refractivity contribution in [2.75, 3.05) is 7.05 Å². The highest BCUT2D eigenvalue weighted by Crippen LogP contribution is 2.21. The van der Waals surface area contributed by atoms with Crippen LogP contribution in [0.1, 0.15) is 29.2 Å². The van der Waals surface area contributed by atoms with Gasteiger partial charge in [-0.05, 0) is 66.3 Å². The fraction of sp³-hybridized carbons (Fsp3) is 0.174. The van der Waals surface area contributed by atoms with E-state index >= 15 is 0 Å². The third-order valence-electron chi connectivity index (χ3n) is 4.08. The number of hydrogen-bond acceptors (Lipinski definition) is 2. The molecule has 1 N–H and O–H groups in total. The average Bonchev–Trinajstić information content (AvgIpc) is 2.68. The van der Waals surface area contributed by atoms with Crippen molar-refractivity contribution in [1.82, 2.24) is 5.32 Å². The molecule has 2 aromatic rings. The van der Waals surface area contributed by atoms with Crippen LogP contribution in [0.2, 0.25) is 0 Å². The number of benzene rings is 2. The summed E-state index contributed by atoms with van der Waals surface area (Å²) in [6.07, 6.45) is 12.0. The van der Waals surface area contributed by atoms with Crippen molar-refractivity contribution in [2.45, 2.75) is 20.3 Å². The Labute approximate surface area is 159 Å². The van der Waals surface area contributed by atoms with Crippen LogP contribution in [0.5, 0.6) is 0 Å². The summed E-state index contributed by atoms with van der Waals surface area (Å²) in [5, 5.41) is 12.0. The average molecular weight is 364 g/mol. The first-order valence-corrected chi connectivity index (χ1v) is 8.29. The molecule has 138 valence electrons. The van der Waals surface area contributed by atoms with Gasteiger partial charge in [-0.15, -0.1) is 12.8 Å². The van der Waals surface area contributed by atoms with Crippen LogP contribution >= 0.6 is 0 Å². The zero-order valence-corrected chi connectivity index (χ0v) is 15.7. The van der Waals surface area contributed by atoms with Crippen LogP contribution in [0.3, 0.4) is 0 Å². The lowest BCUT2D eigenvalue weighted by molar-refractivity contribution is 0.589. The molecule has 0 aromatic heterocycles. The SMILES string of the molecule is C#C.CN/C(C#N)=C(\C)c1ccc(/C=C\Cc2cc(F)ccc2F)c(C)c1. The highest BCUT2D eigenvalue weighted by molar-refractivity contribution is 5.71. The molecule has 0 spiro atoms. The number of halogens is 2. The van der Waals surface area contributed by atoms with Crippen molar-refractivity contribution in [1.29, 1.82) is 5.26 Å². The summed E-state index contributed by atoms with van der Waals surface area (Å²) < 4.78 is 26.8. The highest BCUT2D eigenvalue weighted by atomic mass is 19.1. The maximum absolute atomic E-state index is 13.6. The van der Waals surface area contributed by atoms with Crippen LogP contribution in [-0.2, 0) is 6.42 Å². The Balaban J connectivity index is 0.00000176. The van der Waals surface area contributed by atoms with E-state index in [9.17, 15) is 8.78 Å². The van der Waals surface area contributed by atoms with Crippen LogP contribution in [0.25, 0.3) is 11.6 Å². The summed E-state index contributed by atoms with van der Waals surface area (Å²) in [5.74, 6) is -0.847. The molecule has 0 radical (unpaired) electrons. The molecule has 2 rings (SSSR count). The second kappa shape index (κ2) is 10.6. The molecule has 0 fully saturated rings. The molecule has 2 aromatic carbocycles. The van der Waals surface area contributed by atoms with Crippen LogP contribution in [-0.4, -0.2) is 7.05 Å². The smallest absolute Gasteiger partial charge is 0.126 e. The molecule has 0 amide bonds. The summed E-state index contributed by atoms with van der Waals surface area (Å²) in [4.78, 5) is 0. The number of terminal acetylenes is 1. The Kier molecular flexibility index (Phi) is 8.49. The largest absolute Gasteiger partial charge is 0.379 e. The zero-order valence-electron chi connectivity index (χ0n) is 15.7. The predicted octanol–water partition coefficient (Wildman–Crippen LogP) is 5.25. The van der Waals surface area contributed by atoms with Crippen LogP contribution in [0.15, 0.2) is 48.2 Å². The van der Waals surface area contributed by atoms with E-state index in [0.29, 0.717) is 17.7 Å². The van der Waals surface area contributed by atoms with Gasteiger partial charge in [-0.1, -0.05) is 30.4 Å². The number of nitrogens with zero attached hydrogens (tertiary/aromatic N) is 1. The van der Waals surface area contributed by atoms with Gasteiger partial charge in [0.1, 0.15) is 23.4 Å². The standard InChI is InChI=1S/C21H20F2N2.C2H2/c1-14-11-17(15(2)21(13-24)25-3)8-7-16(14)5-4-6-18-12-19(22)9-10-20(18)23;1-2/h4-5,7-12,25H,6H2,1-3H3;1-2H/b5-4-,21-15+;. The second-order valence-electron chi connectivity index (χ2n) is 5.78. The van der Waals surface area contributed by atoms with E-state index in [4.69, 9.17) is 5.26 Å². The topological polar surface area (TPSA) is 35.8 Å². The van der Waals surface area contributed by atoms with Crippen molar-refractivity contribution in [3.63, 3.8) is 0 Å². The molecular weight excluding hydrogens is 342 g/mol. The summed E-state index contributed by atoms with van der Waals surface area (Å²) in [6.45, 7) is 3.87. The van der Waals surface area contributed by atoms with Gasteiger partial charge in [0.05, 0.1) is 0 Å². The molecule has 0 heterocycles. The van der Waals surface area contributed by atoms with E-state index in [2.05, 4.69) is 24.2 Å². The number of hydrogen-bond donors (Lipinski definition) is 1. The molecule has 27 heavy (non-hydrogen) atoms. The molecule has 0 saturated heterocycles. The van der Waals surface area contributed by atoms with Crippen LogP contribution in [0.4, 0.5) is 8.78 Å². The molecule has 0 bridgehead atoms. The van der Waals surface area contributed by atoms with E-state index < -0.39 is 11.6 Å². The van der Waals surface area contributed by atoms with Gasteiger partial charge < -0.3 is 5.32 Å². The highest BCUT2D eigenvalue weighted by Gasteiger charge is 2.05. The third-order valence-corrected chi connectivity index (χ3v) is 4.08. The predicted molar refractivity (Wildman–Crippen MR) is 107 cm³/mol. The van der Waals surface area contributed by atoms with Crippen LogP contribution in [0, 0.1) is 42.7 Å². The van der Waals surface area contributed by atoms with E-state index in [1.807, 2.05) is 44.2 Å². The minimum Gasteiger partial charge on any atom is -0.379 e. The van der Waals surface area contributed by atoms with Gasteiger partial charge in [0, 0.05) is 7.05 Å². The minimum absolute atomic E-state index is 0.321. The fourth-order valence-electron chi connectivity index (χ4n) is 2.58. The Morgan fingerprint density at radius 3 is 2.48 bits per heavy atom. The van der Waals surface area contributed by atoms with Gasteiger partial charge in [-0.25, -0.2) is 8.78 Å². The van der Waals surface area contributed by atoms with Crippen molar-refractivity contribution < 1.29 is 8.78 Å². The normalized spacial score (nSPS) is 11.2. The Morgan fingerprint density at radius 2 is 1.89 bits per heavy atom. The van der Waals surface area contributed by atoms with Crippen molar-refractivity contribution >= 4 is 11.6 Å². The first kappa shape index (κ1) is 21.7. The Hall–Kier alpha value is -3.37. The van der Waals surface area contributed by atoms with E-state index in [1.165, 1.54) is 6.07 Å². The van der Waals surface area contributed by atoms with Crippen molar-refractivity contribution in [2.24, 2.45) is 0 Å². The van der Waals surface area contributed by atoms with E-state index in [-0.39, 0.29) is 0 Å². The molecule has 0 aliphatic carbocycles. The summed E-state index contributed by atoms with van der Waals surface area (Å²) in [5.41, 5.74) is 4.75. The van der Waals surface area contributed by atoms with Crippen molar-refractivity contribution in [3.05, 3.63) is 82.1 Å². The number of nitriles is 1. The summed E-state index contributed by atoms with van der Waals surface area (Å²) in [7, 11) is 1.72. The molecule has 0 saturated carbocycles. The second-order valence-corrected chi connectivity index (χ2v) is 5.78. The van der Waals surface area contributed by atoms with Gasteiger partial charge in [0.15, 0.2) is 0 Å². The Morgan fingerprint density at radius 1 is 1.19 bits per heavy atom. The number of allylic oxidation sites excluding steroid dienone is 3. The maximum Gasteiger partial charge on any atom is 0.126 e. The first-order valence-electron chi connectivity index (χ1n) is 8.29.